The molecule has 0 amide bonds. The molecular formula is C7H13NO2. The van der Waals surface area contributed by atoms with Gasteiger partial charge in [-0.2, -0.15) is 0 Å². The zero-order valence-electron chi connectivity index (χ0n) is 6.39. The highest BCUT2D eigenvalue weighted by Gasteiger charge is 2.19. The Labute approximate surface area is 60.7 Å². The number of rotatable bonds is 0. The number of Topliss-reactive ketones (excluding diaryl/α,β-unsaturated/α-hetero) is 1. The van der Waals surface area contributed by atoms with Crippen molar-refractivity contribution in [1.29, 1.82) is 0 Å². The van der Waals surface area contributed by atoms with E-state index >= 15 is 0 Å². The summed E-state index contributed by atoms with van der Waals surface area (Å²) in [5, 5.41) is 3.00. The van der Waals surface area contributed by atoms with E-state index < -0.39 is 0 Å². The van der Waals surface area contributed by atoms with Gasteiger partial charge in [0.05, 0.1) is 12.6 Å². The summed E-state index contributed by atoms with van der Waals surface area (Å²) in [5.41, 5.74) is 0. The van der Waals surface area contributed by atoms with Gasteiger partial charge in [-0.15, -0.1) is 0 Å². The lowest BCUT2D eigenvalue weighted by Gasteiger charge is -2.11. The van der Waals surface area contributed by atoms with Gasteiger partial charge in [0, 0.05) is 6.54 Å². The molecule has 1 rings (SSSR count). The lowest BCUT2D eigenvalue weighted by Crippen LogP contribution is -2.26. The van der Waals surface area contributed by atoms with Gasteiger partial charge in [-0.05, 0) is 13.8 Å². The van der Waals surface area contributed by atoms with Crippen LogP contribution in [0.1, 0.15) is 13.8 Å². The summed E-state index contributed by atoms with van der Waals surface area (Å²) in [6.45, 7) is 4.98. The highest BCUT2D eigenvalue weighted by molar-refractivity contribution is 5.84. The zero-order chi connectivity index (χ0) is 7.56. The smallest absolute Gasteiger partial charge is 0.174 e. The molecule has 1 saturated heterocycles. The first-order valence-electron chi connectivity index (χ1n) is 3.59. The standard InChI is InChI=1S/C7H13NO2/c1-5-3-8-4-7(9)6(2)10-5/h5-6,8H,3-4H2,1-2H3. The summed E-state index contributed by atoms with van der Waals surface area (Å²) in [6.07, 6.45) is -0.0774. The van der Waals surface area contributed by atoms with Crippen LogP contribution in [0, 0.1) is 0 Å². The number of hydrogen-bond donors (Lipinski definition) is 1. The molecule has 0 bridgehead atoms. The third-order valence-electron chi connectivity index (χ3n) is 1.62. The van der Waals surface area contributed by atoms with E-state index in [1.807, 2.05) is 6.92 Å². The molecule has 1 N–H and O–H groups in total. The minimum atomic E-state index is -0.231. The van der Waals surface area contributed by atoms with Crippen LogP contribution in [0.3, 0.4) is 0 Å². The van der Waals surface area contributed by atoms with E-state index in [-0.39, 0.29) is 18.0 Å². The number of ketones is 1. The largest absolute Gasteiger partial charge is 0.366 e. The molecule has 0 aromatic carbocycles. The van der Waals surface area contributed by atoms with Gasteiger partial charge in [0.25, 0.3) is 0 Å². The van der Waals surface area contributed by atoms with E-state index in [1.54, 1.807) is 6.92 Å². The maximum absolute atomic E-state index is 11.0. The van der Waals surface area contributed by atoms with Crippen LogP contribution in [0.15, 0.2) is 0 Å². The van der Waals surface area contributed by atoms with Crippen LogP contribution in [0.4, 0.5) is 0 Å². The summed E-state index contributed by atoms with van der Waals surface area (Å²) in [4.78, 5) is 11.0. The first-order chi connectivity index (χ1) is 4.70. The van der Waals surface area contributed by atoms with Crippen molar-refractivity contribution in [2.45, 2.75) is 26.1 Å². The predicted molar refractivity (Wildman–Crippen MR) is 37.9 cm³/mol. The maximum atomic E-state index is 11.0. The van der Waals surface area contributed by atoms with Gasteiger partial charge in [0.2, 0.25) is 0 Å². The number of hydrogen-bond acceptors (Lipinski definition) is 3. The van der Waals surface area contributed by atoms with Gasteiger partial charge >= 0.3 is 0 Å². The molecule has 3 nitrogen and oxygen atoms in total. The average molecular weight is 143 g/mol. The fraction of sp³-hybridized carbons (Fsp3) is 0.857. The van der Waals surface area contributed by atoms with Gasteiger partial charge in [-0.1, -0.05) is 0 Å². The molecule has 1 aliphatic heterocycles. The lowest BCUT2D eigenvalue weighted by molar-refractivity contribution is -0.128. The molecule has 0 spiro atoms. The van der Waals surface area contributed by atoms with Crippen molar-refractivity contribution < 1.29 is 9.53 Å². The maximum Gasteiger partial charge on any atom is 0.174 e. The molecule has 0 aromatic rings. The monoisotopic (exact) mass is 143 g/mol. The molecule has 58 valence electrons. The van der Waals surface area contributed by atoms with Crippen LogP contribution in [0.25, 0.3) is 0 Å². The molecule has 1 heterocycles. The van der Waals surface area contributed by atoms with Gasteiger partial charge in [-0.25, -0.2) is 0 Å². The van der Waals surface area contributed by atoms with Gasteiger partial charge in [0.15, 0.2) is 5.78 Å². The predicted octanol–water partition coefficient (Wildman–Crippen LogP) is -0.0477. The Balaban J connectivity index is 2.49. The zero-order valence-corrected chi connectivity index (χ0v) is 6.39. The SMILES string of the molecule is CC1CNCC(=O)C(C)O1. The highest BCUT2D eigenvalue weighted by Crippen LogP contribution is 2.01. The van der Waals surface area contributed by atoms with Crippen LogP contribution < -0.4 is 5.32 Å². The molecule has 2 atom stereocenters. The van der Waals surface area contributed by atoms with Crippen molar-refractivity contribution in [2.24, 2.45) is 0 Å². The van der Waals surface area contributed by atoms with E-state index in [0.717, 1.165) is 6.54 Å². The number of carbonyl (C=O) groups excluding carboxylic acids is 1. The van der Waals surface area contributed by atoms with Crippen molar-refractivity contribution in [2.75, 3.05) is 13.1 Å². The Morgan fingerprint density at radius 2 is 2.30 bits per heavy atom. The Hall–Kier alpha value is -0.410. The second-order valence-electron chi connectivity index (χ2n) is 2.69. The van der Waals surface area contributed by atoms with Crippen molar-refractivity contribution in [3.8, 4) is 0 Å². The van der Waals surface area contributed by atoms with Crippen LogP contribution >= 0.6 is 0 Å². The van der Waals surface area contributed by atoms with E-state index in [9.17, 15) is 4.79 Å². The Kier molecular flexibility index (Phi) is 2.40. The van der Waals surface area contributed by atoms with Gasteiger partial charge in [0.1, 0.15) is 6.10 Å². The molecule has 0 radical (unpaired) electrons. The minimum absolute atomic E-state index is 0.143. The highest BCUT2D eigenvalue weighted by atomic mass is 16.5. The lowest BCUT2D eigenvalue weighted by atomic mass is 10.2. The summed E-state index contributed by atoms with van der Waals surface area (Å²) >= 11 is 0. The number of nitrogens with one attached hydrogen (secondary N) is 1. The summed E-state index contributed by atoms with van der Waals surface area (Å²) in [6, 6.07) is 0. The first kappa shape index (κ1) is 7.69. The summed E-state index contributed by atoms with van der Waals surface area (Å²) in [5.74, 6) is 0.143. The van der Waals surface area contributed by atoms with Crippen molar-refractivity contribution in [3.63, 3.8) is 0 Å². The van der Waals surface area contributed by atoms with Gasteiger partial charge in [-0.3, -0.25) is 4.79 Å². The Morgan fingerprint density at radius 3 is 3.00 bits per heavy atom. The summed E-state index contributed by atoms with van der Waals surface area (Å²) in [7, 11) is 0. The first-order valence-corrected chi connectivity index (χ1v) is 3.59. The van der Waals surface area contributed by atoms with E-state index in [1.165, 1.54) is 0 Å². The summed E-state index contributed by atoms with van der Waals surface area (Å²) < 4.78 is 5.31. The minimum Gasteiger partial charge on any atom is -0.366 e. The van der Waals surface area contributed by atoms with E-state index in [4.69, 9.17) is 4.74 Å². The molecule has 1 fully saturated rings. The van der Waals surface area contributed by atoms with Crippen molar-refractivity contribution in [1.82, 2.24) is 5.32 Å². The number of ether oxygens (including phenoxy) is 1. The fourth-order valence-electron chi connectivity index (χ4n) is 1.01. The molecule has 2 unspecified atom stereocenters. The molecule has 0 saturated carbocycles. The average Bonchev–Trinajstić information content (AvgIpc) is 1.96. The molecule has 1 aliphatic rings. The van der Waals surface area contributed by atoms with E-state index in [2.05, 4.69) is 5.32 Å². The molecule has 10 heavy (non-hydrogen) atoms. The normalized spacial score (nSPS) is 35.6. The molecule has 0 aromatic heterocycles. The van der Waals surface area contributed by atoms with Crippen LogP contribution in [-0.4, -0.2) is 31.1 Å². The topological polar surface area (TPSA) is 38.3 Å². The Morgan fingerprint density at radius 1 is 1.60 bits per heavy atom. The molecule has 0 aliphatic carbocycles. The quantitative estimate of drug-likeness (QED) is 0.517. The third kappa shape index (κ3) is 1.78. The van der Waals surface area contributed by atoms with Crippen LogP contribution in [0.5, 0.6) is 0 Å². The van der Waals surface area contributed by atoms with Crippen molar-refractivity contribution in [3.05, 3.63) is 0 Å². The number of carbonyl (C=O) groups is 1. The molecular weight excluding hydrogens is 130 g/mol. The van der Waals surface area contributed by atoms with Crippen LogP contribution in [-0.2, 0) is 9.53 Å². The van der Waals surface area contributed by atoms with Crippen molar-refractivity contribution >= 4 is 5.78 Å². The second-order valence-corrected chi connectivity index (χ2v) is 2.69. The Bertz CT molecular complexity index is 136. The van der Waals surface area contributed by atoms with Gasteiger partial charge < -0.3 is 10.1 Å². The fourth-order valence-corrected chi connectivity index (χ4v) is 1.01. The van der Waals surface area contributed by atoms with E-state index in [0.29, 0.717) is 6.54 Å². The van der Waals surface area contributed by atoms with Crippen LogP contribution in [0.2, 0.25) is 0 Å². The molecule has 3 heteroatoms. The third-order valence-corrected chi connectivity index (χ3v) is 1.62. The second kappa shape index (κ2) is 3.12.